The molecule has 0 spiro atoms. The molecule has 0 unspecified atom stereocenters. The fraction of sp³-hybridized carbons (Fsp3) is 0.400. The van der Waals surface area contributed by atoms with Gasteiger partial charge in [0.05, 0.1) is 6.61 Å². The average molecular weight is 198 g/mol. The molecule has 0 saturated carbocycles. The first-order valence-electron chi connectivity index (χ1n) is 4.37. The number of aryl methyl sites for hydroxylation is 1. The van der Waals surface area contributed by atoms with Crippen molar-refractivity contribution in [3.05, 3.63) is 28.3 Å². The van der Waals surface area contributed by atoms with Crippen LogP contribution in [-0.2, 0) is 0 Å². The number of fused-ring (bicyclic) bond motifs is 1. The minimum atomic E-state index is 0.0242. The number of benzene rings is 1. The van der Waals surface area contributed by atoms with E-state index in [9.17, 15) is 0 Å². The summed E-state index contributed by atoms with van der Waals surface area (Å²) in [5.41, 5.74) is 8.02. The van der Waals surface area contributed by atoms with Gasteiger partial charge in [-0.2, -0.15) is 0 Å². The van der Waals surface area contributed by atoms with Crippen molar-refractivity contribution in [3.8, 4) is 5.75 Å². The van der Waals surface area contributed by atoms with Crippen LogP contribution in [0.5, 0.6) is 5.75 Å². The lowest BCUT2D eigenvalue weighted by Crippen LogP contribution is -2.21. The molecule has 70 valence electrons. The summed E-state index contributed by atoms with van der Waals surface area (Å²) in [5.74, 6) is 0.881. The largest absolute Gasteiger partial charge is 0.493 e. The Kier molecular flexibility index (Phi) is 2.18. The van der Waals surface area contributed by atoms with Crippen LogP contribution >= 0.6 is 11.6 Å². The second-order valence-corrected chi connectivity index (χ2v) is 3.76. The molecular weight excluding hydrogens is 186 g/mol. The first-order valence-corrected chi connectivity index (χ1v) is 4.75. The van der Waals surface area contributed by atoms with Gasteiger partial charge in [-0.05, 0) is 18.6 Å². The molecule has 1 aliphatic rings. The monoisotopic (exact) mass is 197 g/mol. The summed E-state index contributed by atoms with van der Waals surface area (Å²) < 4.78 is 5.54. The Morgan fingerprint density at radius 1 is 1.54 bits per heavy atom. The van der Waals surface area contributed by atoms with Crippen molar-refractivity contribution >= 4 is 11.6 Å². The number of ether oxygens (including phenoxy) is 1. The summed E-state index contributed by atoms with van der Waals surface area (Å²) in [5, 5.41) is 0.716. The minimum Gasteiger partial charge on any atom is -0.493 e. The zero-order valence-electron chi connectivity index (χ0n) is 7.51. The second kappa shape index (κ2) is 3.20. The van der Waals surface area contributed by atoms with Crippen molar-refractivity contribution in [2.75, 3.05) is 6.61 Å². The van der Waals surface area contributed by atoms with E-state index in [1.54, 1.807) is 0 Å². The maximum absolute atomic E-state index is 6.05. The average Bonchev–Trinajstić information content (AvgIpc) is 2.12. The van der Waals surface area contributed by atoms with Gasteiger partial charge in [-0.15, -0.1) is 0 Å². The van der Waals surface area contributed by atoms with Crippen LogP contribution in [0, 0.1) is 6.92 Å². The zero-order chi connectivity index (χ0) is 9.42. The highest BCUT2D eigenvalue weighted by Gasteiger charge is 2.22. The van der Waals surface area contributed by atoms with E-state index in [1.807, 2.05) is 19.1 Å². The first-order chi connectivity index (χ1) is 6.20. The predicted octanol–water partition coefficient (Wildman–Crippen LogP) is 2.43. The molecule has 3 heteroatoms. The molecule has 1 aromatic rings. The molecule has 0 bridgehead atoms. The van der Waals surface area contributed by atoms with Gasteiger partial charge in [-0.3, -0.25) is 0 Å². The molecule has 1 heterocycles. The van der Waals surface area contributed by atoms with Crippen LogP contribution in [0.1, 0.15) is 23.6 Å². The van der Waals surface area contributed by atoms with Gasteiger partial charge in [0.15, 0.2) is 0 Å². The summed E-state index contributed by atoms with van der Waals surface area (Å²) in [6, 6.07) is 3.86. The quantitative estimate of drug-likeness (QED) is 0.694. The summed E-state index contributed by atoms with van der Waals surface area (Å²) in [6.45, 7) is 2.70. The van der Waals surface area contributed by atoms with E-state index in [1.165, 1.54) is 0 Å². The van der Waals surface area contributed by atoms with Crippen LogP contribution in [0.15, 0.2) is 12.1 Å². The Balaban J connectivity index is 2.60. The highest BCUT2D eigenvalue weighted by atomic mass is 35.5. The lowest BCUT2D eigenvalue weighted by molar-refractivity contribution is 0.267. The lowest BCUT2D eigenvalue weighted by Gasteiger charge is -2.25. The molecule has 2 N–H and O–H groups in total. The van der Waals surface area contributed by atoms with Gasteiger partial charge in [0.2, 0.25) is 0 Å². The van der Waals surface area contributed by atoms with Crippen LogP contribution in [0.25, 0.3) is 0 Å². The molecule has 2 nitrogen and oxygen atoms in total. The van der Waals surface area contributed by atoms with Gasteiger partial charge in [-0.25, -0.2) is 0 Å². The van der Waals surface area contributed by atoms with Crippen LogP contribution in [0.2, 0.25) is 5.02 Å². The SMILES string of the molecule is Cc1ccc(Cl)c2c1OCC[C@@H]2N. The molecule has 0 fully saturated rings. The third-order valence-electron chi connectivity index (χ3n) is 2.39. The van der Waals surface area contributed by atoms with Crippen molar-refractivity contribution in [2.24, 2.45) is 5.73 Å². The lowest BCUT2D eigenvalue weighted by atomic mass is 9.99. The molecule has 0 amide bonds. The predicted molar refractivity (Wildman–Crippen MR) is 53.2 cm³/mol. The highest BCUT2D eigenvalue weighted by molar-refractivity contribution is 6.31. The Hall–Kier alpha value is -0.730. The summed E-state index contributed by atoms with van der Waals surface area (Å²) in [6.07, 6.45) is 0.843. The maximum Gasteiger partial charge on any atom is 0.128 e. The highest BCUT2D eigenvalue weighted by Crippen LogP contribution is 2.38. The van der Waals surface area contributed by atoms with Gasteiger partial charge in [0.1, 0.15) is 5.75 Å². The molecule has 0 radical (unpaired) electrons. The molecule has 0 aromatic heterocycles. The number of hydrogen-bond donors (Lipinski definition) is 1. The van der Waals surface area contributed by atoms with E-state index in [0.717, 1.165) is 23.3 Å². The zero-order valence-corrected chi connectivity index (χ0v) is 8.27. The van der Waals surface area contributed by atoms with E-state index in [2.05, 4.69) is 0 Å². The van der Waals surface area contributed by atoms with Crippen molar-refractivity contribution in [1.29, 1.82) is 0 Å². The molecule has 1 aromatic carbocycles. The normalized spacial score (nSPS) is 20.7. The Morgan fingerprint density at radius 3 is 3.00 bits per heavy atom. The van der Waals surface area contributed by atoms with Crippen molar-refractivity contribution in [2.45, 2.75) is 19.4 Å². The van der Waals surface area contributed by atoms with Crippen LogP contribution < -0.4 is 10.5 Å². The van der Waals surface area contributed by atoms with Gasteiger partial charge < -0.3 is 10.5 Å². The van der Waals surface area contributed by atoms with Crippen molar-refractivity contribution in [3.63, 3.8) is 0 Å². The summed E-state index contributed by atoms with van der Waals surface area (Å²) in [4.78, 5) is 0. The van der Waals surface area contributed by atoms with E-state index >= 15 is 0 Å². The fourth-order valence-corrected chi connectivity index (χ4v) is 1.94. The molecular formula is C10H12ClNO. The maximum atomic E-state index is 6.05. The van der Waals surface area contributed by atoms with Gasteiger partial charge in [0, 0.05) is 23.0 Å². The molecule has 1 aliphatic heterocycles. The Bertz CT molecular complexity index is 338. The van der Waals surface area contributed by atoms with Crippen LogP contribution in [0.4, 0.5) is 0 Å². The summed E-state index contributed by atoms with van der Waals surface area (Å²) in [7, 11) is 0. The number of halogens is 1. The first kappa shape index (κ1) is 8.85. The van der Waals surface area contributed by atoms with E-state index in [-0.39, 0.29) is 6.04 Å². The van der Waals surface area contributed by atoms with Crippen LogP contribution in [0.3, 0.4) is 0 Å². The second-order valence-electron chi connectivity index (χ2n) is 3.35. The third kappa shape index (κ3) is 1.40. The molecule has 0 aliphatic carbocycles. The molecule has 2 rings (SSSR count). The third-order valence-corrected chi connectivity index (χ3v) is 2.72. The summed E-state index contributed by atoms with van der Waals surface area (Å²) >= 11 is 6.05. The topological polar surface area (TPSA) is 35.2 Å². The smallest absolute Gasteiger partial charge is 0.128 e. The fourth-order valence-electron chi connectivity index (χ4n) is 1.65. The van der Waals surface area contributed by atoms with Crippen molar-refractivity contribution in [1.82, 2.24) is 0 Å². The van der Waals surface area contributed by atoms with Crippen molar-refractivity contribution < 1.29 is 4.74 Å². The van der Waals surface area contributed by atoms with E-state index in [4.69, 9.17) is 22.1 Å². The van der Waals surface area contributed by atoms with Gasteiger partial charge >= 0.3 is 0 Å². The standard InChI is InChI=1S/C10H12ClNO/c1-6-2-3-7(11)9-8(12)4-5-13-10(6)9/h2-3,8H,4-5,12H2,1H3/t8-/m0/s1. The van der Waals surface area contributed by atoms with Gasteiger partial charge in [-0.1, -0.05) is 17.7 Å². The Morgan fingerprint density at radius 2 is 2.31 bits per heavy atom. The minimum absolute atomic E-state index is 0.0242. The van der Waals surface area contributed by atoms with Gasteiger partial charge in [0.25, 0.3) is 0 Å². The number of hydrogen-bond acceptors (Lipinski definition) is 2. The van der Waals surface area contributed by atoms with E-state index < -0.39 is 0 Å². The Labute approximate surface area is 82.6 Å². The molecule has 0 saturated heterocycles. The van der Waals surface area contributed by atoms with Crippen LogP contribution in [-0.4, -0.2) is 6.61 Å². The number of nitrogens with two attached hydrogens (primary N) is 1. The van der Waals surface area contributed by atoms with E-state index in [0.29, 0.717) is 11.6 Å². The molecule has 1 atom stereocenters. The molecule has 13 heavy (non-hydrogen) atoms. The number of rotatable bonds is 0.